The van der Waals surface area contributed by atoms with Gasteiger partial charge in [-0.25, -0.2) is 0 Å². The van der Waals surface area contributed by atoms with Crippen molar-refractivity contribution >= 4 is 17.3 Å². The molecule has 100 valence electrons. The van der Waals surface area contributed by atoms with Gasteiger partial charge in [-0.15, -0.1) is 0 Å². The molecule has 0 bridgehead atoms. The van der Waals surface area contributed by atoms with Gasteiger partial charge < -0.3 is 10.5 Å². The molecule has 0 radical (unpaired) electrons. The van der Waals surface area contributed by atoms with Crippen LogP contribution < -0.4 is 5.73 Å². The van der Waals surface area contributed by atoms with Crippen LogP contribution in [0.15, 0.2) is 18.2 Å². The zero-order valence-electron chi connectivity index (χ0n) is 10.9. The van der Waals surface area contributed by atoms with E-state index < -0.39 is 0 Å². The average Bonchev–Trinajstić information content (AvgIpc) is 2.37. The number of benzene rings is 1. The summed E-state index contributed by atoms with van der Waals surface area (Å²) in [7, 11) is 1.78. The standard InChI is InChI=1S/C14H21ClN2O/c1-18-10-11-4-6-17(7-5-11)9-12-8-13(16)2-3-14(12)15/h2-3,8,11H,4-7,9-10,16H2,1H3. The number of nitrogens with two attached hydrogens (primary N) is 1. The van der Waals surface area contributed by atoms with E-state index in [-0.39, 0.29) is 0 Å². The van der Waals surface area contributed by atoms with E-state index in [4.69, 9.17) is 22.1 Å². The number of rotatable bonds is 4. The predicted octanol–water partition coefficient (Wildman–Crippen LogP) is 2.78. The Kier molecular flexibility index (Phi) is 4.87. The minimum Gasteiger partial charge on any atom is -0.399 e. The third kappa shape index (κ3) is 3.61. The van der Waals surface area contributed by atoms with E-state index in [2.05, 4.69) is 4.90 Å². The molecule has 0 amide bonds. The van der Waals surface area contributed by atoms with E-state index in [9.17, 15) is 0 Å². The summed E-state index contributed by atoms with van der Waals surface area (Å²) in [6.45, 7) is 3.99. The van der Waals surface area contributed by atoms with Gasteiger partial charge in [0.15, 0.2) is 0 Å². The number of likely N-dealkylation sites (tertiary alicyclic amines) is 1. The molecule has 1 aliphatic heterocycles. The highest BCUT2D eigenvalue weighted by molar-refractivity contribution is 6.31. The highest BCUT2D eigenvalue weighted by Crippen LogP contribution is 2.24. The Morgan fingerprint density at radius 3 is 2.78 bits per heavy atom. The molecular weight excluding hydrogens is 248 g/mol. The van der Waals surface area contributed by atoms with Crippen molar-refractivity contribution in [1.29, 1.82) is 0 Å². The Balaban J connectivity index is 1.89. The summed E-state index contributed by atoms with van der Waals surface area (Å²) in [6.07, 6.45) is 2.40. The quantitative estimate of drug-likeness (QED) is 0.854. The minimum atomic E-state index is 0.711. The van der Waals surface area contributed by atoms with Crippen molar-refractivity contribution in [1.82, 2.24) is 4.90 Å². The summed E-state index contributed by atoms with van der Waals surface area (Å²) < 4.78 is 5.21. The van der Waals surface area contributed by atoms with Gasteiger partial charge in [0.2, 0.25) is 0 Å². The first kappa shape index (κ1) is 13.7. The number of ether oxygens (including phenoxy) is 1. The molecule has 2 rings (SSSR count). The van der Waals surface area contributed by atoms with Crippen molar-refractivity contribution in [3.63, 3.8) is 0 Å². The highest BCUT2D eigenvalue weighted by Gasteiger charge is 2.19. The fourth-order valence-electron chi connectivity index (χ4n) is 2.50. The van der Waals surface area contributed by atoms with Crippen LogP contribution in [-0.2, 0) is 11.3 Å². The Morgan fingerprint density at radius 2 is 2.11 bits per heavy atom. The average molecular weight is 269 g/mol. The van der Waals surface area contributed by atoms with Crippen LogP contribution in [0.2, 0.25) is 5.02 Å². The number of halogens is 1. The third-order valence-electron chi connectivity index (χ3n) is 3.57. The molecule has 0 aliphatic carbocycles. The van der Waals surface area contributed by atoms with Gasteiger partial charge in [0.05, 0.1) is 0 Å². The number of methoxy groups -OCH3 is 1. The van der Waals surface area contributed by atoms with Crippen molar-refractivity contribution in [3.05, 3.63) is 28.8 Å². The topological polar surface area (TPSA) is 38.5 Å². The van der Waals surface area contributed by atoms with Crippen molar-refractivity contribution in [3.8, 4) is 0 Å². The molecule has 1 aromatic rings. The molecule has 0 unspecified atom stereocenters. The number of nitrogens with zero attached hydrogens (tertiary/aromatic N) is 1. The van der Waals surface area contributed by atoms with Crippen LogP contribution in [0.25, 0.3) is 0 Å². The van der Waals surface area contributed by atoms with Crippen molar-refractivity contribution in [2.24, 2.45) is 5.92 Å². The molecule has 0 atom stereocenters. The van der Waals surface area contributed by atoms with Crippen LogP contribution in [0.3, 0.4) is 0 Å². The van der Waals surface area contributed by atoms with Crippen LogP contribution in [-0.4, -0.2) is 31.7 Å². The maximum atomic E-state index is 6.19. The van der Waals surface area contributed by atoms with Gasteiger partial charge in [-0.3, -0.25) is 4.90 Å². The Bertz CT molecular complexity index is 389. The van der Waals surface area contributed by atoms with E-state index in [0.29, 0.717) is 5.92 Å². The van der Waals surface area contributed by atoms with E-state index >= 15 is 0 Å². The summed E-state index contributed by atoms with van der Waals surface area (Å²) >= 11 is 6.19. The van der Waals surface area contributed by atoms with E-state index in [1.807, 2.05) is 18.2 Å². The van der Waals surface area contributed by atoms with E-state index in [1.165, 1.54) is 12.8 Å². The number of piperidine rings is 1. The SMILES string of the molecule is COCC1CCN(Cc2cc(N)ccc2Cl)CC1. The summed E-state index contributed by atoms with van der Waals surface area (Å²) in [6, 6.07) is 5.70. The van der Waals surface area contributed by atoms with Gasteiger partial charge in [0, 0.05) is 31.0 Å². The van der Waals surface area contributed by atoms with Gasteiger partial charge in [0.25, 0.3) is 0 Å². The summed E-state index contributed by atoms with van der Waals surface area (Å²) in [5.74, 6) is 0.711. The molecule has 1 heterocycles. The van der Waals surface area contributed by atoms with Gasteiger partial charge in [0.1, 0.15) is 0 Å². The molecule has 1 aliphatic rings. The fraction of sp³-hybridized carbons (Fsp3) is 0.571. The van der Waals surface area contributed by atoms with Crippen LogP contribution >= 0.6 is 11.6 Å². The largest absolute Gasteiger partial charge is 0.399 e. The lowest BCUT2D eigenvalue weighted by molar-refractivity contribution is 0.0968. The molecule has 18 heavy (non-hydrogen) atoms. The number of nitrogen functional groups attached to an aromatic ring is 1. The van der Waals surface area contributed by atoms with Crippen LogP contribution in [0.4, 0.5) is 5.69 Å². The first-order valence-corrected chi connectivity index (χ1v) is 6.82. The second-order valence-electron chi connectivity index (χ2n) is 5.03. The van der Waals surface area contributed by atoms with Crippen molar-refractivity contribution < 1.29 is 4.74 Å². The number of hydrogen-bond donors (Lipinski definition) is 1. The number of hydrogen-bond acceptors (Lipinski definition) is 3. The Labute approximate surface area is 114 Å². The van der Waals surface area contributed by atoms with Crippen molar-refractivity contribution in [2.75, 3.05) is 32.5 Å². The molecule has 1 aromatic carbocycles. The van der Waals surface area contributed by atoms with Crippen molar-refractivity contribution in [2.45, 2.75) is 19.4 Å². The monoisotopic (exact) mass is 268 g/mol. The Hall–Kier alpha value is -0.770. The van der Waals surface area contributed by atoms with E-state index in [1.54, 1.807) is 7.11 Å². The van der Waals surface area contributed by atoms with Gasteiger partial charge in [-0.05, 0) is 55.6 Å². The summed E-state index contributed by atoms with van der Waals surface area (Å²) in [4.78, 5) is 2.44. The molecule has 1 saturated heterocycles. The van der Waals surface area contributed by atoms with E-state index in [0.717, 1.165) is 42.5 Å². The Morgan fingerprint density at radius 1 is 1.39 bits per heavy atom. The first-order chi connectivity index (χ1) is 8.69. The van der Waals surface area contributed by atoms with Gasteiger partial charge in [-0.2, -0.15) is 0 Å². The molecule has 0 saturated carbocycles. The number of anilines is 1. The smallest absolute Gasteiger partial charge is 0.0491 e. The van der Waals surface area contributed by atoms with Gasteiger partial charge >= 0.3 is 0 Å². The summed E-state index contributed by atoms with van der Waals surface area (Å²) in [5.41, 5.74) is 7.71. The second kappa shape index (κ2) is 6.41. The maximum absolute atomic E-state index is 6.19. The predicted molar refractivity (Wildman–Crippen MR) is 75.7 cm³/mol. The maximum Gasteiger partial charge on any atom is 0.0491 e. The molecule has 4 heteroatoms. The lowest BCUT2D eigenvalue weighted by atomic mass is 9.97. The normalized spacial score (nSPS) is 18.1. The van der Waals surface area contributed by atoms with Gasteiger partial charge in [-0.1, -0.05) is 11.6 Å². The fourth-order valence-corrected chi connectivity index (χ4v) is 2.68. The first-order valence-electron chi connectivity index (χ1n) is 6.44. The molecule has 2 N–H and O–H groups in total. The molecule has 0 spiro atoms. The second-order valence-corrected chi connectivity index (χ2v) is 5.43. The molecule has 1 fully saturated rings. The lowest BCUT2D eigenvalue weighted by Crippen LogP contribution is -2.34. The summed E-state index contributed by atoms with van der Waals surface area (Å²) in [5, 5.41) is 0.809. The zero-order valence-corrected chi connectivity index (χ0v) is 11.6. The lowest BCUT2D eigenvalue weighted by Gasteiger charge is -2.31. The molecular formula is C14H21ClN2O. The zero-order chi connectivity index (χ0) is 13.0. The van der Waals surface area contributed by atoms with Crippen LogP contribution in [0.1, 0.15) is 18.4 Å². The molecule has 0 aromatic heterocycles. The highest BCUT2D eigenvalue weighted by atomic mass is 35.5. The van der Waals surface area contributed by atoms with Crippen LogP contribution in [0, 0.1) is 5.92 Å². The minimum absolute atomic E-state index is 0.711. The van der Waals surface area contributed by atoms with Crippen LogP contribution in [0.5, 0.6) is 0 Å². The molecule has 3 nitrogen and oxygen atoms in total. The third-order valence-corrected chi connectivity index (χ3v) is 3.94.